The minimum atomic E-state index is 0.125. The molecule has 1 amide bonds. The highest BCUT2D eigenvalue weighted by atomic mass is 35.5. The summed E-state index contributed by atoms with van der Waals surface area (Å²) >= 11 is 6.17. The van der Waals surface area contributed by atoms with Gasteiger partial charge in [-0.15, -0.1) is 0 Å². The molecule has 128 valence electrons. The van der Waals surface area contributed by atoms with Gasteiger partial charge in [0.1, 0.15) is 5.02 Å². The lowest BCUT2D eigenvalue weighted by molar-refractivity contribution is -0.127. The van der Waals surface area contributed by atoms with E-state index in [1.165, 1.54) is 0 Å². The van der Waals surface area contributed by atoms with Crippen molar-refractivity contribution in [2.45, 2.75) is 13.3 Å². The number of likely N-dealkylation sites (tertiary alicyclic amines) is 1. The Morgan fingerprint density at radius 2 is 2.29 bits per heavy atom. The highest BCUT2D eigenvalue weighted by molar-refractivity contribution is 6.32. The topological polar surface area (TPSA) is 88.0 Å². The molecule has 1 aliphatic heterocycles. The molecule has 3 heterocycles. The van der Waals surface area contributed by atoms with Crippen LogP contribution in [0.25, 0.3) is 0 Å². The van der Waals surface area contributed by atoms with Crippen molar-refractivity contribution in [3.8, 4) is 0 Å². The highest BCUT2D eigenvalue weighted by Gasteiger charge is 2.24. The third-order valence-corrected chi connectivity index (χ3v) is 4.27. The van der Waals surface area contributed by atoms with Crippen molar-refractivity contribution < 1.29 is 4.79 Å². The van der Waals surface area contributed by atoms with E-state index in [0.717, 1.165) is 25.2 Å². The number of amides is 1. The molecular formula is C15H20ClN7O. The van der Waals surface area contributed by atoms with E-state index < -0.39 is 0 Å². The Hall–Kier alpha value is -2.35. The molecule has 1 aliphatic rings. The van der Waals surface area contributed by atoms with Gasteiger partial charge >= 0.3 is 0 Å². The largest absolute Gasteiger partial charge is 0.368 e. The maximum absolute atomic E-state index is 11.4. The third-order valence-electron chi connectivity index (χ3n) is 3.99. The van der Waals surface area contributed by atoms with E-state index >= 15 is 0 Å². The summed E-state index contributed by atoms with van der Waals surface area (Å²) in [5.41, 5.74) is 0.804. The molecule has 1 saturated heterocycles. The first-order valence-corrected chi connectivity index (χ1v) is 8.16. The second kappa shape index (κ2) is 7.04. The fraction of sp³-hybridized carbons (Fsp3) is 0.467. The van der Waals surface area contributed by atoms with Crippen molar-refractivity contribution in [1.29, 1.82) is 0 Å². The third kappa shape index (κ3) is 3.94. The Bertz CT molecular complexity index is 732. The minimum absolute atomic E-state index is 0.125. The van der Waals surface area contributed by atoms with E-state index in [4.69, 9.17) is 11.6 Å². The van der Waals surface area contributed by atoms with Crippen molar-refractivity contribution in [3.05, 3.63) is 23.6 Å². The summed E-state index contributed by atoms with van der Waals surface area (Å²) in [5.74, 6) is 1.56. The number of aromatic nitrogens is 4. The van der Waals surface area contributed by atoms with Crippen LogP contribution in [-0.4, -0.2) is 50.2 Å². The van der Waals surface area contributed by atoms with Gasteiger partial charge in [0.25, 0.3) is 0 Å². The molecular weight excluding hydrogens is 330 g/mol. The molecule has 1 atom stereocenters. The predicted octanol–water partition coefficient (Wildman–Crippen LogP) is 1.89. The summed E-state index contributed by atoms with van der Waals surface area (Å²) in [4.78, 5) is 21.8. The number of halogens is 1. The number of rotatable bonds is 5. The van der Waals surface area contributed by atoms with E-state index in [-0.39, 0.29) is 5.91 Å². The first-order valence-electron chi connectivity index (χ1n) is 7.79. The number of hydrogen-bond acceptors (Lipinski definition) is 6. The maximum atomic E-state index is 11.4. The van der Waals surface area contributed by atoms with Gasteiger partial charge in [0.2, 0.25) is 11.9 Å². The maximum Gasteiger partial charge on any atom is 0.229 e. The second-order valence-corrected chi connectivity index (χ2v) is 6.33. The normalized spacial score (nSPS) is 17.1. The van der Waals surface area contributed by atoms with Crippen LogP contribution in [0, 0.1) is 5.92 Å². The Kier molecular flexibility index (Phi) is 4.84. The Labute approximate surface area is 145 Å². The number of carbonyl (C=O) groups excluding carboxylic acids is 1. The number of hydrogen-bond donors (Lipinski definition) is 2. The molecule has 0 aromatic carbocycles. The van der Waals surface area contributed by atoms with Crippen molar-refractivity contribution in [2.75, 3.05) is 30.3 Å². The molecule has 2 aromatic rings. The van der Waals surface area contributed by atoms with Crippen LogP contribution in [0.3, 0.4) is 0 Å². The molecule has 0 spiro atoms. The molecule has 8 nitrogen and oxygen atoms in total. The summed E-state index contributed by atoms with van der Waals surface area (Å²) in [5, 5.41) is 10.9. The van der Waals surface area contributed by atoms with Crippen molar-refractivity contribution in [3.63, 3.8) is 0 Å². The fourth-order valence-corrected chi connectivity index (χ4v) is 2.85. The van der Waals surface area contributed by atoms with Gasteiger partial charge in [-0.05, 0) is 12.3 Å². The Morgan fingerprint density at radius 3 is 2.96 bits per heavy atom. The van der Waals surface area contributed by atoms with Crippen LogP contribution in [0.15, 0.2) is 18.6 Å². The second-order valence-electron chi connectivity index (χ2n) is 5.92. The lowest BCUT2D eigenvalue weighted by Crippen LogP contribution is -2.27. The Balaban J connectivity index is 1.61. The predicted molar refractivity (Wildman–Crippen MR) is 92.4 cm³/mol. The number of carbonyl (C=O) groups is 1. The molecule has 9 heteroatoms. The quantitative estimate of drug-likeness (QED) is 0.857. The number of nitrogens with one attached hydrogen (secondary N) is 2. The SMILES string of the molecule is CC(=O)N1CCC(CNc2nc(Nc3cnn(C)c3)ncc2Cl)C1. The van der Waals surface area contributed by atoms with Gasteiger partial charge in [-0.3, -0.25) is 9.48 Å². The minimum Gasteiger partial charge on any atom is -0.368 e. The number of anilines is 3. The van der Waals surface area contributed by atoms with E-state index in [9.17, 15) is 4.79 Å². The first kappa shape index (κ1) is 16.5. The van der Waals surface area contributed by atoms with Gasteiger partial charge in [0, 0.05) is 39.8 Å². The lowest BCUT2D eigenvalue weighted by atomic mass is 10.1. The highest BCUT2D eigenvalue weighted by Crippen LogP contribution is 2.23. The molecule has 0 aliphatic carbocycles. The fourth-order valence-electron chi connectivity index (χ4n) is 2.69. The Morgan fingerprint density at radius 1 is 1.46 bits per heavy atom. The van der Waals surface area contributed by atoms with Gasteiger partial charge < -0.3 is 15.5 Å². The summed E-state index contributed by atoms with van der Waals surface area (Å²) in [6.07, 6.45) is 6.07. The molecule has 0 bridgehead atoms. The summed E-state index contributed by atoms with van der Waals surface area (Å²) in [7, 11) is 1.84. The average Bonchev–Trinajstić information content (AvgIpc) is 3.17. The van der Waals surface area contributed by atoms with Crippen LogP contribution in [0.2, 0.25) is 5.02 Å². The molecule has 2 aromatic heterocycles. The molecule has 0 saturated carbocycles. The lowest BCUT2D eigenvalue weighted by Gasteiger charge is -2.15. The molecule has 1 fully saturated rings. The monoisotopic (exact) mass is 349 g/mol. The van der Waals surface area contributed by atoms with Crippen LogP contribution in [0.5, 0.6) is 0 Å². The molecule has 3 rings (SSSR count). The zero-order valence-electron chi connectivity index (χ0n) is 13.7. The molecule has 24 heavy (non-hydrogen) atoms. The van der Waals surface area contributed by atoms with Gasteiger partial charge in [-0.1, -0.05) is 11.6 Å². The van der Waals surface area contributed by atoms with Gasteiger partial charge in [0.15, 0.2) is 5.82 Å². The van der Waals surface area contributed by atoms with Crippen molar-refractivity contribution >= 4 is 35.0 Å². The summed E-state index contributed by atoms with van der Waals surface area (Å²) in [6.45, 7) is 3.90. The average molecular weight is 350 g/mol. The first-order chi connectivity index (χ1) is 11.5. The van der Waals surface area contributed by atoms with E-state index in [0.29, 0.717) is 29.3 Å². The van der Waals surface area contributed by atoms with Gasteiger partial charge in [-0.2, -0.15) is 10.1 Å². The van der Waals surface area contributed by atoms with Crippen LogP contribution >= 0.6 is 11.6 Å². The van der Waals surface area contributed by atoms with Gasteiger partial charge in [-0.25, -0.2) is 4.98 Å². The summed E-state index contributed by atoms with van der Waals surface area (Å²) in [6, 6.07) is 0. The van der Waals surface area contributed by atoms with E-state index in [1.54, 1.807) is 24.0 Å². The number of nitrogens with zero attached hydrogens (tertiary/aromatic N) is 5. The molecule has 2 N–H and O–H groups in total. The van der Waals surface area contributed by atoms with Crippen LogP contribution < -0.4 is 10.6 Å². The van der Waals surface area contributed by atoms with E-state index in [1.807, 2.05) is 18.1 Å². The zero-order valence-corrected chi connectivity index (χ0v) is 14.4. The molecule has 0 radical (unpaired) electrons. The zero-order chi connectivity index (χ0) is 17.1. The van der Waals surface area contributed by atoms with Crippen LogP contribution in [-0.2, 0) is 11.8 Å². The molecule has 1 unspecified atom stereocenters. The van der Waals surface area contributed by atoms with E-state index in [2.05, 4.69) is 25.7 Å². The van der Waals surface area contributed by atoms with Crippen LogP contribution in [0.1, 0.15) is 13.3 Å². The number of aryl methyl sites for hydroxylation is 1. The smallest absolute Gasteiger partial charge is 0.229 e. The van der Waals surface area contributed by atoms with Crippen molar-refractivity contribution in [1.82, 2.24) is 24.6 Å². The van der Waals surface area contributed by atoms with Gasteiger partial charge in [0.05, 0.1) is 18.1 Å². The van der Waals surface area contributed by atoms with Crippen molar-refractivity contribution in [2.24, 2.45) is 13.0 Å². The van der Waals surface area contributed by atoms with Crippen LogP contribution in [0.4, 0.5) is 17.5 Å². The summed E-state index contributed by atoms with van der Waals surface area (Å²) < 4.78 is 1.69. The standard InChI is InChI=1S/C15H20ClN7O/c1-10(24)23-4-3-11(8-23)5-17-14-13(16)7-18-15(21-14)20-12-6-19-22(2)9-12/h6-7,9,11H,3-5,8H2,1-2H3,(H2,17,18,20,21).